The van der Waals surface area contributed by atoms with Crippen molar-refractivity contribution in [3.63, 3.8) is 0 Å². The van der Waals surface area contributed by atoms with E-state index in [1.165, 1.54) is 37.2 Å². The van der Waals surface area contributed by atoms with Crippen LogP contribution in [0.15, 0.2) is 25.0 Å². The van der Waals surface area contributed by atoms with Gasteiger partial charge in [0.2, 0.25) is 0 Å². The van der Waals surface area contributed by atoms with E-state index < -0.39 is 38.5 Å². The van der Waals surface area contributed by atoms with Crippen LogP contribution >= 0.6 is 19.4 Å². The zero-order valence-electron chi connectivity index (χ0n) is 15.1. The Morgan fingerprint density at radius 2 is 2.34 bits per heavy atom. The number of aromatic nitrogens is 4. The molecule has 4 atom stereocenters. The second kappa shape index (κ2) is 7.04. The van der Waals surface area contributed by atoms with E-state index in [0.717, 1.165) is 0 Å². The fourth-order valence-corrected chi connectivity index (χ4v) is 5.13. The summed E-state index contributed by atoms with van der Waals surface area (Å²) in [4.78, 5) is 36.8. The standard InChI is InChI=1S/C14H17BClN6O6P/c15-29(24)25-3-7-9(28-29)10(27-14(23)21-2-1-17-5-21)13(26-7)22-6-20-8-11(16)18-4-19-12(8)22/h1-2,4-5,7,9-10,13,20,24,29H,3,6,15H2/t7-,9-,10?,13?/m1/s1. The van der Waals surface area contributed by atoms with Crippen molar-refractivity contribution in [2.75, 3.05) is 23.5 Å². The molecule has 29 heavy (non-hydrogen) atoms. The van der Waals surface area contributed by atoms with Gasteiger partial charge in [-0.25, -0.2) is 0 Å². The summed E-state index contributed by atoms with van der Waals surface area (Å²) in [5, 5.41) is 3.39. The Hall–Kier alpha value is -2.02. The van der Waals surface area contributed by atoms with E-state index in [0.29, 0.717) is 18.2 Å². The monoisotopic (exact) mass is 442 g/mol. The Balaban J connectivity index is 1.47. The van der Waals surface area contributed by atoms with Crippen LogP contribution < -0.4 is 10.2 Å². The Bertz CT molecular complexity index is 937. The summed E-state index contributed by atoms with van der Waals surface area (Å²) >= 11 is 6.14. The van der Waals surface area contributed by atoms with E-state index in [-0.39, 0.29) is 11.8 Å². The van der Waals surface area contributed by atoms with Crippen molar-refractivity contribution in [2.24, 2.45) is 0 Å². The summed E-state index contributed by atoms with van der Waals surface area (Å²) in [6.07, 6.45) is 2.12. The minimum atomic E-state index is -3.36. The van der Waals surface area contributed by atoms with Crippen LogP contribution in [0.2, 0.25) is 5.15 Å². The number of nitrogens with zero attached hydrogens (tertiary/aromatic N) is 5. The van der Waals surface area contributed by atoms with Gasteiger partial charge in [-0.3, -0.25) is 0 Å². The van der Waals surface area contributed by atoms with Gasteiger partial charge in [-0.05, 0) is 0 Å². The van der Waals surface area contributed by atoms with Gasteiger partial charge in [-0.15, -0.1) is 0 Å². The van der Waals surface area contributed by atoms with Crippen LogP contribution in [0, 0.1) is 0 Å². The predicted octanol–water partition coefficient (Wildman–Crippen LogP) is -0.255. The first-order chi connectivity index (χ1) is 13.9. The molecule has 0 aromatic carbocycles. The molecule has 5 heterocycles. The van der Waals surface area contributed by atoms with Gasteiger partial charge in [-0.2, -0.15) is 0 Å². The van der Waals surface area contributed by atoms with E-state index in [1.54, 1.807) is 4.90 Å². The number of fused-ring (bicyclic) bond motifs is 2. The van der Waals surface area contributed by atoms with Crippen molar-refractivity contribution < 1.29 is 28.2 Å². The first-order valence-corrected chi connectivity index (χ1v) is 11.5. The first-order valence-electron chi connectivity index (χ1n) is 8.82. The molecule has 3 aliphatic heterocycles. The number of rotatable bonds is 2. The Labute approximate surface area is 171 Å². The van der Waals surface area contributed by atoms with Crippen molar-refractivity contribution in [1.82, 2.24) is 19.5 Å². The summed E-state index contributed by atoms with van der Waals surface area (Å²) in [6, 6.07) is 0. The van der Waals surface area contributed by atoms with Gasteiger partial charge in [0.1, 0.15) is 0 Å². The molecule has 2 unspecified atom stereocenters. The van der Waals surface area contributed by atoms with Gasteiger partial charge < -0.3 is 0 Å². The van der Waals surface area contributed by atoms with Gasteiger partial charge in [0.05, 0.1) is 0 Å². The molecule has 0 bridgehead atoms. The maximum atomic E-state index is 12.6. The van der Waals surface area contributed by atoms with Crippen LogP contribution in [-0.2, 0) is 18.5 Å². The van der Waals surface area contributed by atoms with Gasteiger partial charge in [0, 0.05) is 0 Å². The van der Waals surface area contributed by atoms with Crippen LogP contribution in [0.1, 0.15) is 0 Å². The number of nitrogens with one attached hydrogen (secondary N) is 1. The van der Waals surface area contributed by atoms with Crippen molar-refractivity contribution in [2.45, 2.75) is 24.5 Å². The van der Waals surface area contributed by atoms with E-state index >= 15 is 0 Å². The molecule has 0 radical (unpaired) electrons. The topological polar surface area (TPSA) is 133 Å². The van der Waals surface area contributed by atoms with Crippen molar-refractivity contribution >= 4 is 44.6 Å². The molecular formula is C14H17BClN6O6P. The second-order valence-corrected chi connectivity index (χ2v) is 9.52. The molecule has 2 N–H and O–H groups in total. The number of halogens is 1. The third-order valence-electron chi connectivity index (χ3n) is 4.89. The van der Waals surface area contributed by atoms with Crippen LogP contribution in [0.3, 0.4) is 0 Å². The Morgan fingerprint density at radius 1 is 1.48 bits per heavy atom. The van der Waals surface area contributed by atoms with Gasteiger partial charge >= 0.3 is 171 Å². The molecule has 0 saturated carbocycles. The average molecular weight is 443 g/mol. The molecule has 2 saturated heterocycles. The molecule has 0 spiro atoms. The molecule has 0 aliphatic carbocycles. The molecule has 15 heteroatoms. The fraction of sp³-hybridized carbons (Fsp3) is 0.429. The molecule has 2 aromatic rings. The Morgan fingerprint density at radius 3 is 3.14 bits per heavy atom. The van der Waals surface area contributed by atoms with E-state index in [2.05, 4.69) is 20.3 Å². The zero-order chi connectivity index (χ0) is 20.2. The summed E-state index contributed by atoms with van der Waals surface area (Å²) in [7, 11) is -1.85. The summed E-state index contributed by atoms with van der Waals surface area (Å²) < 4.78 is 24.2. The number of hydrogen-bond acceptors (Lipinski definition) is 11. The number of imidazole rings is 1. The quantitative estimate of drug-likeness (QED) is 0.362. The number of hydrogen-bond donors (Lipinski definition) is 2. The first kappa shape index (κ1) is 19.0. The van der Waals surface area contributed by atoms with Gasteiger partial charge in [0.25, 0.3) is 0 Å². The van der Waals surface area contributed by atoms with Crippen LogP contribution in [0.25, 0.3) is 0 Å². The molecule has 2 fully saturated rings. The molecule has 3 aliphatic rings. The van der Waals surface area contributed by atoms with Crippen molar-refractivity contribution in [1.29, 1.82) is 0 Å². The molecule has 2 aromatic heterocycles. The van der Waals surface area contributed by atoms with Crippen LogP contribution in [0.5, 0.6) is 0 Å². The van der Waals surface area contributed by atoms with Crippen LogP contribution in [-0.4, -0.2) is 75.9 Å². The van der Waals surface area contributed by atoms with Gasteiger partial charge in [0.15, 0.2) is 0 Å². The molecule has 12 nitrogen and oxygen atoms in total. The second-order valence-electron chi connectivity index (χ2n) is 6.84. The summed E-state index contributed by atoms with van der Waals surface area (Å²) in [5.41, 5.74) is 0.561. The van der Waals surface area contributed by atoms with E-state index in [1.807, 2.05) is 0 Å². The zero-order valence-corrected chi connectivity index (χ0v) is 16.9. The van der Waals surface area contributed by atoms with E-state index in [9.17, 15) is 9.69 Å². The summed E-state index contributed by atoms with van der Waals surface area (Å²) in [5.74, 6) is 0.516. The normalized spacial score (nSPS) is 30.9. The number of anilines is 2. The number of ether oxygens (including phenoxy) is 2. The third-order valence-corrected chi connectivity index (χ3v) is 6.59. The van der Waals surface area contributed by atoms with Gasteiger partial charge in [-0.1, -0.05) is 0 Å². The summed E-state index contributed by atoms with van der Waals surface area (Å²) in [6.45, 7) is 0.434. The Kier molecular flexibility index (Phi) is 4.61. The average Bonchev–Trinajstić information content (AvgIpc) is 3.40. The fourth-order valence-electron chi connectivity index (χ4n) is 3.60. The minimum absolute atomic E-state index is 0.123. The van der Waals surface area contributed by atoms with Crippen molar-refractivity contribution in [3.8, 4) is 0 Å². The predicted molar refractivity (Wildman–Crippen MR) is 104 cm³/mol. The molecule has 5 rings (SSSR count). The van der Waals surface area contributed by atoms with Crippen molar-refractivity contribution in [3.05, 3.63) is 30.2 Å². The van der Waals surface area contributed by atoms with E-state index in [4.69, 9.17) is 30.1 Å². The van der Waals surface area contributed by atoms with Crippen LogP contribution in [0.4, 0.5) is 16.3 Å². The number of carbonyl (C=O) groups is 1. The maximum absolute atomic E-state index is 12.6. The molecule has 0 amide bonds. The SMILES string of the molecule is B[PH]1(O)OC[C@H]2OC(N3CNc4c(Cl)ncnc43)C(OC(=O)n3ccnc3)[C@@H]2O1. The number of carbonyl (C=O) groups excluding carboxylic acids is 1. The molecular weight excluding hydrogens is 425 g/mol. The molecule has 154 valence electrons. The third kappa shape index (κ3) is 3.33.